The topological polar surface area (TPSA) is 90.3 Å². The lowest BCUT2D eigenvalue weighted by atomic mass is 10.2. The summed E-state index contributed by atoms with van der Waals surface area (Å²) in [6.07, 6.45) is 1.11. The van der Waals surface area contributed by atoms with Crippen LogP contribution in [0.25, 0.3) is 11.4 Å². The summed E-state index contributed by atoms with van der Waals surface area (Å²) in [7, 11) is -1.95. The Morgan fingerprint density at radius 2 is 1.79 bits per heavy atom. The molecule has 1 aromatic heterocycles. The Morgan fingerprint density at radius 1 is 1.14 bits per heavy atom. The van der Waals surface area contributed by atoms with Crippen molar-refractivity contribution in [1.29, 1.82) is 0 Å². The minimum absolute atomic E-state index is 0.179. The zero-order chi connectivity index (χ0) is 21.3. The molecule has 3 rings (SSSR count). The lowest BCUT2D eigenvalue weighted by Crippen LogP contribution is -2.31. The van der Waals surface area contributed by atoms with E-state index in [1.807, 2.05) is 0 Å². The number of hydrogen-bond donors (Lipinski definition) is 1. The van der Waals surface area contributed by atoms with E-state index >= 15 is 0 Å². The molecule has 0 aliphatic carbocycles. The first-order valence-corrected chi connectivity index (χ1v) is 9.51. The number of imidazole rings is 1. The molecule has 0 fully saturated rings. The highest BCUT2D eigenvalue weighted by molar-refractivity contribution is 7.90. The second-order valence-electron chi connectivity index (χ2n) is 5.89. The number of aromatic nitrogens is 2. The molecule has 11 heteroatoms. The lowest BCUT2D eigenvalue weighted by molar-refractivity contribution is 0.0977. The van der Waals surface area contributed by atoms with Gasteiger partial charge in [-0.1, -0.05) is 6.07 Å². The van der Waals surface area contributed by atoms with Gasteiger partial charge >= 0.3 is 0 Å². The second-order valence-corrected chi connectivity index (χ2v) is 7.54. The Morgan fingerprint density at radius 3 is 2.41 bits per heavy atom. The van der Waals surface area contributed by atoms with Crippen LogP contribution in [0.15, 0.2) is 47.5 Å². The van der Waals surface area contributed by atoms with E-state index in [-0.39, 0.29) is 11.6 Å². The van der Waals surface area contributed by atoms with E-state index in [0.717, 1.165) is 30.5 Å². The summed E-state index contributed by atoms with van der Waals surface area (Å²) < 4.78 is 74.2. The first kappa shape index (κ1) is 20.4. The van der Waals surface area contributed by atoms with Crippen LogP contribution in [0.1, 0.15) is 10.5 Å². The first-order chi connectivity index (χ1) is 13.6. The number of nitrogens with zero attached hydrogens (tertiary/aromatic N) is 2. The summed E-state index contributed by atoms with van der Waals surface area (Å²) in [6, 6.07) is 5.99. The summed E-state index contributed by atoms with van der Waals surface area (Å²) in [5.41, 5.74) is -0.882. The van der Waals surface area contributed by atoms with E-state index in [4.69, 9.17) is 4.74 Å². The molecule has 0 atom stereocenters. The van der Waals surface area contributed by atoms with Crippen LogP contribution < -0.4 is 9.46 Å². The molecule has 1 amide bonds. The van der Waals surface area contributed by atoms with E-state index in [2.05, 4.69) is 4.98 Å². The third kappa shape index (κ3) is 3.94. The standard InChI is InChI=1S/C18H14F3N3O4S/c1-24-9-13(22-17(24)16-11(20)4-3-5-12(16)21)18(25)23-29(26,27)15-8-10(19)6-7-14(15)28-2/h3-9H,1-2H3,(H,23,25). The number of rotatable bonds is 5. The van der Waals surface area contributed by atoms with Gasteiger partial charge in [-0.05, 0) is 30.3 Å². The molecule has 0 unspecified atom stereocenters. The van der Waals surface area contributed by atoms with Gasteiger partial charge in [0.15, 0.2) is 0 Å². The van der Waals surface area contributed by atoms with E-state index in [1.165, 1.54) is 24.8 Å². The molecule has 0 aliphatic heterocycles. The number of nitrogens with one attached hydrogen (secondary N) is 1. The molecular formula is C18H14F3N3O4S. The number of carbonyl (C=O) groups is 1. The molecule has 0 bridgehead atoms. The van der Waals surface area contributed by atoms with Crippen molar-refractivity contribution in [3.8, 4) is 17.1 Å². The number of aryl methyl sites for hydroxylation is 1. The van der Waals surface area contributed by atoms with Crippen LogP contribution in [-0.4, -0.2) is 31.0 Å². The van der Waals surface area contributed by atoms with Gasteiger partial charge in [-0.2, -0.15) is 0 Å². The van der Waals surface area contributed by atoms with E-state index in [0.29, 0.717) is 6.07 Å². The van der Waals surface area contributed by atoms with Crippen LogP contribution in [0, 0.1) is 17.5 Å². The van der Waals surface area contributed by atoms with Gasteiger partial charge in [0.25, 0.3) is 15.9 Å². The molecule has 0 spiro atoms. The van der Waals surface area contributed by atoms with Crippen molar-refractivity contribution in [2.75, 3.05) is 7.11 Å². The normalized spacial score (nSPS) is 11.3. The molecule has 0 saturated carbocycles. The van der Waals surface area contributed by atoms with E-state index < -0.39 is 49.5 Å². The largest absolute Gasteiger partial charge is 0.495 e. The number of ether oxygens (including phenoxy) is 1. The number of sulfonamides is 1. The van der Waals surface area contributed by atoms with Crippen molar-refractivity contribution in [3.05, 3.63) is 65.7 Å². The molecular weight excluding hydrogens is 411 g/mol. The average Bonchev–Trinajstić information content (AvgIpc) is 3.03. The molecule has 0 radical (unpaired) electrons. The lowest BCUT2D eigenvalue weighted by Gasteiger charge is -2.10. The Bertz CT molecular complexity index is 1190. The van der Waals surface area contributed by atoms with Crippen LogP contribution in [0.2, 0.25) is 0 Å². The van der Waals surface area contributed by atoms with Crippen molar-refractivity contribution in [2.45, 2.75) is 4.90 Å². The fourth-order valence-electron chi connectivity index (χ4n) is 2.61. The molecule has 1 heterocycles. The molecule has 0 aliphatic rings. The fraction of sp³-hybridized carbons (Fsp3) is 0.111. The van der Waals surface area contributed by atoms with Gasteiger partial charge in [0.05, 0.1) is 12.7 Å². The third-order valence-electron chi connectivity index (χ3n) is 3.94. The van der Waals surface area contributed by atoms with Gasteiger partial charge < -0.3 is 9.30 Å². The zero-order valence-electron chi connectivity index (χ0n) is 15.1. The summed E-state index contributed by atoms with van der Waals surface area (Å²) in [4.78, 5) is 15.6. The van der Waals surface area contributed by atoms with Gasteiger partial charge in [-0.25, -0.2) is 31.3 Å². The number of benzene rings is 2. The van der Waals surface area contributed by atoms with Crippen molar-refractivity contribution in [1.82, 2.24) is 14.3 Å². The van der Waals surface area contributed by atoms with Crippen LogP contribution >= 0.6 is 0 Å². The minimum Gasteiger partial charge on any atom is -0.495 e. The van der Waals surface area contributed by atoms with Gasteiger partial charge in [-0.15, -0.1) is 0 Å². The van der Waals surface area contributed by atoms with Crippen molar-refractivity contribution >= 4 is 15.9 Å². The quantitative estimate of drug-likeness (QED) is 0.679. The average molecular weight is 425 g/mol. The summed E-state index contributed by atoms with van der Waals surface area (Å²) in [5.74, 6) is -4.22. The highest BCUT2D eigenvalue weighted by Crippen LogP contribution is 2.26. The fourth-order valence-corrected chi connectivity index (χ4v) is 3.75. The van der Waals surface area contributed by atoms with Crippen molar-refractivity contribution < 1.29 is 31.1 Å². The first-order valence-electron chi connectivity index (χ1n) is 8.02. The van der Waals surface area contributed by atoms with Gasteiger partial charge in [0.2, 0.25) is 0 Å². The minimum atomic E-state index is -4.52. The highest BCUT2D eigenvalue weighted by atomic mass is 32.2. The molecule has 152 valence electrons. The second kappa shape index (κ2) is 7.59. The smallest absolute Gasteiger partial charge is 0.285 e. The molecule has 1 N–H and O–H groups in total. The number of hydrogen-bond acceptors (Lipinski definition) is 5. The predicted octanol–water partition coefficient (Wildman–Crippen LogP) is 2.63. The maximum absolute atomic E-state index is 14.0. The monoisotopic (exact) mass is 425 g/mol. The molecule has 29 heavy (non-hydrogen) atoms. The van der Waals surface area contributed by atoms with E-state index in [9.17, 15) is 26.4 Å². The number of methoxy groups -OCH3 is 1. The molecule has 3 aromatic rings. The molecule has 7 nitrogen and oxygen atoms in total. The van der Waals surface area contributed by atoms with Gasteiger partial charge in [-0.3, -0.25) is 4.79 Å². The van der Waals surface area contributed by atoms with Crippen LogP contribution in [0.4, 0.5) is 13.2 Å². The maximum atomic E-state index is 14.0. The highest BCUT2D eigenvalue weighted by Gasteiger charge is 2.26. The van der Waals surface area contributed by atoms with Gasteiger partial charge in [0, 0.05) is 13.2 Å². The van der Waals surface area contributed by atoms with Crippen LogP contribution in [-0.2, 0) is 17.1 Å². The Labute approximate surface area is 163 Å². The molecule has 0 saturated heterocycles. The number of amides is 1. The number of carbonyl (C=O) groups excluding carboxylic acids is 1. The third-order valence-corrected chi connectivity index (χ3v) is 5.29. The summed E-state index contributed by atoms with van der Waals surface area (Å²) in [5, 5.41) is 0. The van der Waals surface area contributed by atoms with E-state index in [1.54, 1.807) is 4.72 Å². The SMILES string of the molecule is COc1ccc(F)cc1S(=O)(=O)NC(=O)c1cn(C)c(-c2c(F)cccc2F)n1. The van der Waals surface area contributed by atoms with Gasteiger partial charge in [0.1, 0.15) is 39.6 Å². The predicted molar refractivity (Wildman–Crippen MR) is 96.2 cm³/mol. The number of halogens is 3. The maximum Gasteiger partial charge on any atom is 0.285 e. The Kier molecular flexibility index (Phi) is 5.33. The van der Waals surface area contributed by atoms with Crippen molar-refractivity contribution in [3.63, 3.8) is 0 Å². The Hall–Kier alpha value is -3.34. The Balaban J connectivity index is 1.96. The molecule has 2 aromatic carbocycles. The van der Waals surface area contributed by atoms with Crippen molar-refractivity contribution in [2.24, 2.45) is 7.05 Å². The van der Waals surface area contributed by atoms with Crippen LogP contribution in [0.3, 0.4) is 0 Å². The zero-order valence-corrected chi connectivity index (χ0v) is 15.9. The van der Waals surface area contributed by atoms with Crippen LogP contribution in [0.5, 0.6) is 5.75 Å². The summed E-state index contributed by atoms with van der Waals surface area (Å²) in [6.45, 7) is 0. The summed E-state index contributed by atoms with van der Waals surface area (Å²) >= 11 is 0.